The standard InChI is InChI=1S/C22H27F2N3O4/c23-17-1-2-18(24)15(8-17)10-25-21(29)14-7-16-11-27(12-20(28)26-19(16)9-14)22(30)13-3-5-31-6-4-13/h1-2,8,13-14,16,19H,3-7,9-12H2,(H,25,29)(H,26,28)/t14-,16+,19+/m0/s1. The first-order valence-electron chi connectivity index (χ1n) is 10.8. The lowest BCUT2D eigenvalue weighted by Crippen LogP contribution is -2.43. The normalized spacial score (nSPS) is 26.7. The number of hydrogen-bond acceptors (Lipinski definition) is 4. The Kier molecular flexibility index (Phi) is 6.50. The van der Waals surface area contributed by atoms with Gasteiger partial charge in [0.2, 0.25) is 17.7 Å². The first-order valence-corrected chi connectivity index (χ1v) is 10.8. The average molecular weight is 435 g/mol. The van der Waals surface area contributed by atoms with E-state index >= 15 is 0 Å². The van der Waals surface area contributed by atoms with Crippen LogP contribution in [0.15, 0.2) is 18.2 Å². The molecule has 0 unspecified atom stereocenters. The Bertz CT molecular complexity index is 859. The molecule has 2 N–H and O–H groups in total. The van der Waals surface area contributed by atoms with E-state index in [9.17, 15) is 23.2 Å². The number of hydrogen-bond donors (Lipinski definition) is 2. The number of amides is 3. The van der Waals surface area contributed by atoms with Crippen LogP contribution in [0.4, 0.5) is 8.78 Å². The molecule has 1 aromatic rings. The minimum atomic E-state index is -0.576. The second-order valence-corrected chi connectivity index (χ2v) is 8.66. The Balaban J connectivity index is 1.36. The number of nitrogens with one attached hydrogen (secondary N) is 2. The summed E-state index contributed by atoms with van der Waals surface area (Å²) in [7, 11) is 0. The Hall–Kier alpha value is -2.55. The molecule has 7 nitrogen and oxygen atoms in total. The highest BCUT2D eigenvalue weighted by molar-refractivity contribution is 5.87. The number of halogens is 2. The van der Waals surface area contributed by atoms with Gasteiger partial charge in [0.05, 0.1) is 6.54 Å². The number of carbonyl (C=O) groups is 3. The van der Waals surface area contributed by atoms with Crippen LogP contribution in [0.3, 0.4) is 0 Å². The van der Waals surface area contributed by atoms with Gasteiger partial charge < -0.3 is 20.3 Å². The molecule has 1 aliphatic carbocycles. The Labute approximate surface area is 179 Å². The number of ether oxygens (including phenoxy) is 1. The maximum absolute atomic E-state index is 13.8. The van der Waals surface area contributed by atoms with Crippen LogP contribution in [0, 0.1) is 29.4 Å². The molecule has 1 aromatic carbocycles. The maximum Gasteiger partial charge on any atom is 0.239 e. The van der Waals surface area contributed by atoms with Crippen LogP contribution in [0.25, 0.3) is 0 Å². The summed E-state index contributed by atoms with van der Waals surface area (Å²) in [6.07, 6.45) is 2.31. The minimum absolute atomic E-state index is 0.0168. The van der Waals surface area contributed by atoms with Crippen molar-refractivity contribution < 1.29 is 27.9 Å². The van der Waals surface area contributed by atoms with Crippen molar-refractivity contribution >= 4 is 17.7 Å². The van der Waals surface area contributed by atoms with Gasteiger partial charge in [0.1, 0.15) is 11.6 Å². The Morgan fingerprint density at radius 3 is 2.71 bits per heavy atom. The molecule has 3 aliphatic rings. The van der Waals surface area contributed by atoms with Crippen LogP contribution in [0.1, 0.15) is 31.2 Å². The summed E-state index contributed by atoms with van der Waals surface area (Å²) in [5.74, 6) is -2.13. The first-order chi connectivity index (χ1) is 14.9. The molecule has 1 saturated carbocycles. The van der Waals surface area contributed by atoms with Gasteiger partial charge in [-0.15, -0.1) is 0 Å². The summed E-state index contributed by atoms with van der Waals surface area (Å²) in [5, 5.41) is 5.64. The van der Waals surface area contributed by atoms with Gasteiger partial charge in [-0.05, 0) is 49.8 Å². The fourth-order valence-corrected chi connectivity index (χ4v) is 4.87. The van der Waals surface area contributed by atoms with Gasteiger partial charge in [-0.25, -0.2) is 8.78 Å². The highest BCUT2D eigenvalue weighted by atomic mass is 19.1. The number of benzene rings is 1. The van der Waals surface area contributed by atoms with Crippen molar-refractivity contribution in [3.8, 4) is 0 Å². The van der Waals surface area contributed by atoms with Crippen LogP contribution in [0.5, 0.6) is 0 Å². The second-order valence-electron chi connectivity index (χ2n) is 8.66. The molecule has 2 aliphatic heterocycles. The molecule has 168 valence electrons. The fourth-order valence-electron chi connectivity index (χ4n) is 4.87. The predicted molar refractivity (Wildman–Crippen MR) is 106 cm³/mol. The number of rotatable bonds is 4. The Morgan fingerprint density at radius 1 is 1.16 bits per heavy atom. The molecule has 3 fully saturated rings. The number of fused-ring (bicyclic) bond motifs is 1. The topological polar surface area (TPSA) is 87.7 Å². The van der Waals surface area contributed by atoms with Crippen molar-refractivity contribution in [3.05, 3.63) is 35.4 Å². The zero-order valence-electron chi connectivity index (χ0n) is 17.2. The van der Waals surface area contributed by atoms with Crippen LogP contribution >= 0.6 is 0 Å². The largest absolute Gasteiger partial charge is 0.381 e. The van der Waals surface area contributed by atoms with Gasteiger partial charge in [-0.1, -0.05) is 0 Å². The van der Waals surface area contributed by atoms with E-state index in [0.717, 1.165) is 18.2 Å². The third-order valence-corrected chi connectivity index (χ3v) is 6.54. The lowest BCUT2D eigenvalue weighted by Gasteiger charge is -2.29. The molecular formula is C22H27F2N3O4. The van der Waals surface area contributed by atoms with E-state index in [-0.39, 0.29) is 60.2 Å². The van der Waals surface area contributed by atoms with E-state index in [1.54, 1.807) is 4.90 Å². The van der Waals surface area contributed by atoms with E-state index in [2.05, 4.69) is 10.6 Å². The van der Waals surface area contributed by atoms with E-state index in [4.69, 9.17) is 4.74 Å². The first kappa shape index (κ1) is 21.7. The van der Waals surface area contributed by atoms with Crippen LogP contribution in [-0.2, 0) is 25.7 Å². The maximum atomic E-state index is 13.8. The summed E-state index contributed by atoms with van der Waals surface area (Å²) >= 11 is 0. The minimum Gasteiger partial charge on any atom is -0.381 e. The van der Waals surface area contributed by atoms with Crippen molar-refractivity contribution in [1.29, 1.82) is 0 Å². The summed E-state index contributed by atoms with van der Waals surface area (Å²) in [4.78, 5) is 39.6. The molecule has 9 heteroatoms. The highest BCUT2D eigenvalue weighted by Crippen LogP contribution is 2.34. The molecule has 0 aromatic heterocycles. The zero-order chi connectivity index (χ0) is 22.0. The second kappa shape index (κ2) is 9.30. The lowest BCUT2D eigenvalue weighted by atomic mass is 9.97. The van der Waals surface area contributed by atoms with Crippen LogP contribution in [-0.4, -0.2) is 55.0 Å². The van der Waals surface area contributed by atoms with E-state index < -0.39 is 11.6 Å². The smallest absolute Gasteiger partial charge is 0.239 e. The SMILES string of the molecule is O=C1CN(C(=O)C2CCOCC2)C[C@H]2C[C@H](C(=O)NCc3cc(F)ccc3F)C[C@H]2N1. The zero-order valence-corrected chi connectivity index (χ0v) is 17.2. The van der Waals surface area contributed by atoms with E-state index in [1.165, 1.54) is 0 Å². The van der Waals surface area contributed by atoms with Crippen molar-refractivity contribution in [2.45, 2.75) is 38.3 Å². The third-order valence-electron chi connectivity index (χ3n) is 6.54. The monoisotopic (exact) mass is 435 g/mol. The van der Waals surface area contributed by atoms with Gasteiger partial charge in [0.15, 0.2) is 0 Å². The Morgan fingerprint density at radius 2 is 1.94 bits per heavy atom. The lowest BCUT2D eigenvalue weighted by molar-refractivity contribution is -0.141. The third kappa shape index (κ3) is 5.03. The summed E-state index contributed by atoms with van der Waals surface area (Å²) in [6.45, 7) is 1.48. The molecule has 3 atom stereocenters. The van der Waals surface area contributed by atoms with Gasteiger partial charge in [0, 0.05) is 49.7 Å². The van der Waals surface area contributed by atoms with Crippen molar-refractivity contribution in [2.24, 2.45) is 17.8 Å². The predicted octanol–water partition coefficient (Wildman–Crippen LogP) is 1.36. The van der Waals surface area contributed by atoms with Gasteiger partial charge in [-0.2, -0.15) is 0 Å². The quantitative estimate of drug-likeness (QED) is 0.748. The molecule has 4 rings (SSSR count). The molecule has 0 bridgehead atoms. The van der Waals surface area contributed by atoms with Gasteiger partial charge in [0.25, 0.3) is 0 Å². The summed E-state index contributed by atoms with van der Waals surface area (Å²) in [5.41, 5.74) is 0.0853. The molecule has 0 spiro atoms. The molecule has 3 amide bonds. The fraction of sp³-hybridized carbons (Fsp3) is 0.591. The van der Waals surface area contributed by atoms with Gasteiger partial charge >= 0.3 is 0 Å². The number of nitrogens with zero attached hydrogens (tertiary/aromatic N) is 1. The van der Waals surface area contributed by atoms with Crippen molar-refractivity contribution in [2.75, 3.05) is 26.3 Å². The van der Waals surface area contributed by atoms with Gasteiger partial charge in [-0.3, -0.25) is 14.4 Å². The van der Waals surface area contributed by atoms with Crippen molar-refractivity contribution in [3.63, 3.8) is 0 Å². The molecular weight excluding hydrogens is 408 g/mol. The van der Waals surface area contributed by atoms with Crippen LogP contribution in [0.2, 0.25) is 0 Å². The van der Waals surface area contributed by atoms with Crippen LogP contribution < -0.4 is 10.6 Å². The number of carbonyl (C=O) groups excluding carboxylic acids is 3. The average Bonchev–Trinajstić information content (AvgIpc) is 3.08. The molecule has 31 heavy (non-hydrogen) atoms. The highest BCUT2D eigenvalue weighted by Gasteiger charge is 2.43. The van der Waals surface area contributed by atoms with Crippen molar-refractivity contribution in [1.82, 2.24) is 15.5 Å². The summed E-state index contributed by atoms with van der Waals surface area (Å²) in [6, 6.07) is 2.95. The summed E-state index contributed by atoms with van der Waals surface area (Å²) < 4.78 is 32.4. The molecule has 2 saturated heterocycles. The molecule has 0 radical (unpaired) electrons. The van der Waals surface area contributed by atoms with E-state index in [0.29, 0.717) is 45.4 Å². The van der Waals surface area contributed by atoms with E-state index in [1.807, 2.05) is 0 Å². The molecule has 2 heterocycles.